The van der Waals surface area contributed by atoms with Gasteiger partial charge in [0.05, 0.1) is 5.69 Å². The van der Waals surface area contributed by atoms with Crippen LogP contribution in [0.5, 0.6) is 0 Å². The van der Waals surface area contributed by atoms with E-state index < -0.39 is 0 Å². The van der Waals surface area contributed by atoms with Crippen molar-refractivity contribution >= 4 is 17.0 Å². The molecule has 0 aliphatic heterocycles. The number of aromatic nitrogens is 2. The smallest absolute Gasteiger partial charge is 0.270 e. The molecule has 74 valence electrons. The molecule has 0 saturated carbocycles. The van der Waals surface area contributed by atoms with Crippen LogP contribution in [0.15, 0.2) is 9.90 Å². The molecule has 2 aromatic rings. The van der Waals surface area contributed by atoms with Gasteiger partial charge in [0.1, 0.15) is 4.88 Å². The van der Waals surface area contributed by atoms with E-state index in [1.807, 2.05) is 19.2 Å². The summed E-state index contributed by atoms with van der Waals surface area (Å²) in [5.74, 6) is 1.24. The summed E-state index contributed by atoms with van der Waals surface area (Å²) >= 11 is 1.53. The molecule has 0 fully saturated rings. The Morgan fingerprint density at radius 1 is 1.57 bits per heavy atom. The third-order valence-electron chi connectivity index (χ3n) is 2.00. The Labute approximate surface area is 85.7 Å². The van der Waals surface area contributed by atoms with Crippen LogP contribution in [0.3, 0.4) is 0 Å². The second kappa shape index (κ2) is 3.42. The molecule has 0 aliphatic carbocycles. The van der Waals surface area contributed by atoms with E-state index in [0.717, 1.165) is 22.5 Å². The summed E-state index contributed by atoms with van der Waals surface area (Å²) in [6.07, 6.45) is 0.772. The first kappa shape index (κ1) is 9.21. The number of rotatable bonds is 2. The standard InChI is InChI=1S/C9H11N3OS/c1-3-6-11-9(13-12-6)8-7(10)5(2)4-14-8/h4H,3,10H2,1-2H3. The van der Waals surface area contributed by atoms with E-state index in [1.54, 1.807) is 0 Å². The maximum Gasteiger partial charge on any atom is 0.270 e. The van der Waals surface area contributed by atoms with Gasteiger partial charge < -0.3 is 10.3 Å². The number of hydrogen-bond donors (Lipinski definition) is 1. The summed E-state index contributed by atoms with van der Waals surface area (Å²) in [6, 6.07) is 0. The van der Waals surface area contributed by atoms with Gasteiger partial charge in [-0.15, -0.1) is 11.3 Å². The number of aryl methyl sites for hydroxylation is 2. The predicted molar refractivity (Wildman–Crippen MR) is 56.1 cm³/mol. The number of nitrogens with zero attached hydrogens (tertiary/aromatic N) is 2. The lowest BCUT2D eigenvalue weighted by atomic mass is 10.3. The second-order valence-electron chi connectivity index (χ2n) is 3.03. The molecule has 0 aliphatic rings. The number of nitrogen functional groups attached to an aromatic ring is 1. The second-order valence-corrected chi connectivity index (χ2v) is 3.91. The summed E-state index contributed by atoms with van der Waals surface area (Å²) in [7, 11) is 0. The normalized spacial score (nSPS) is 10.7. The first-order valence-corrected chi connectivity index (χ1v) is 5.27. The van der Waals surface area contributed by atoms with Crippen LogP contribution in [0.25, 0.3) is 10.8 Å². The van der Waals surface area contributed by atoms with Crippen LogP contribution in [-0.4, -0.2) is 10.1 Å². The van der Waals surface area contributed by atoms with Gasteiger partial charge in [-0.1, -0.05) is 12.1 Å². The predicted octanol–water partition coefficient (Wildman–Crippen LogP) is 2.25. The van der Waals surface area contributed by atoms with Crippen molar-refractivity contribution in [2.24, 2.45) is 0 Å². The SMILES string of the molecule is CCc1noc(-c2scc(C)c2N)n1. The van der Waals surface area contributed by atoms with E-state index in [2.05, 4.69) is 10.1 Å². The Hall–Kier alpha value is -1.36. The van der Waals surface area contributed by atoms with Gasteiger partial charge >= 0.3 is 0 Å². The topological polar surface area (TPSA) is 64.9 Å². The summed E-state index contributed by atoms with van der Waals surface area (Å²) in [4.78, 5) is 5.10. The highest BCUT2D eigenvalue weighted by molar-refractivity contribution is 7.14. The van der Waals surface area contributed by atoms with Gasteiger partial charge in [-0.2, -0.15) is 4.98 Å². The van der Waals surface area contributed by atoms with Gasteiger partial charge in [0.2, 0.25) is 0 Å². The molecule has 2 heterocycles. The third kappa shape index (κ3) is 1.39. The van der Waals surface area contributed by atoms with Gasteiger partial charge in [0, 0.05) is 6.42 Å². The van der Waals surface area contributed by atoms with Gasteiger partial charge in [0.15, 0.2) is 5.82 Å². The minimum Gasteiger partial charge on any atom is -0.397 e. The van der Waals surface area contributed by atoms with E-state index in [0.29, 0.717) is 11.7 Å². The minimum absolute atomic E-state index is 0.525. The maximum absolute atomic E-state index is 5.87. The van der Waals surface area contributed by atoms with Crippen molar-refractivity contribution in [3.05, 3.63) is 16.8 Å². The van der Waals surface area contributed by atoms with Crippen molar-refractivity contribution < 1.29 is 4.52 Å². The highest BCUT2D eigenvalue weighted by Gasteiger charge is 2.14. The van der Waals surface area contributed by atoms with Crippen molar-refractivity contribution in [3.63, 3.8) is 0 Å². The van der Waals surface area contributed by atoms with Crippen molar-refractivity contribution in [1.29, 1.82) is 0 Å². The Balaban J connectivity index is 2.44. The maximum atomic E-state index is 5.87. The first-order valence-electron chi connectivity index (χ1n) is 4.39. The van der Waals surface area contributed by atoms with Crippen LogP contribution >= 0.6 is 11.3 Å². The van der Waals surface area contributed by atoms with Gasteiger partial charge in [0.25, 0.3) is 5.89 Å². The average Bonchev–Trinajstić information content (AvgIpc) is 2.75. The Morgan fingerprint density at radius 3 is 2.86 bits per heavy atom. The molecule has 2 aromatic heterocycles. The molecular formula is C9H11N3OS. The third-order valence-corrected chi connectivity index (χ3v) is 3.10. The summed E-state index contributed by atoms with van der Waals surface area (Å²) in [5, 5.41) is 5.81. The zero-order valence-electron chi connectivity index (χ0n) is 8.07. The molecule has 4 nitrogen and oxygen atoms in total. The lowest BCUT2D eigenvalue weighted by Crippen LogP contribution is -1.87. The molecule has 0 amide bonds. The molecule has 0 spiro atoms. The molecule has 5 heteroatoms. The van der Waals surface area contributed by atoms with Crippen LogP contribution < -0.4 is 5.73 Å². The first-order chi connectivity index (χ1) is 6.72. The molecule has 0 bridgehead atoms. The van der Waals surface area contributed by atoms with Gasteiger partial charge in [-0.3, -0.25) is 0 Å². The Morgan fingerprint density at radius 2 is 2.36 bits per heavy atom. The van der Waals surface area contributed by atoms with Crippen LogP contribution in [0.1, 0.15) is 18.3 Å². The van der Waals surface area contributed by atoms with E-state index in [-0.39, 0.29) is 0 Å². The fourth-order valence-electron chi connectivity index (χ4n) is 1.11. The number of nitrogens with two attached hydrogens (primary N) is 1. The number of thiophene rings is 1. The highest BCUT2D eigenvalue weighted by atomic mass is 32.1. The van der Waals surface area contributed by atoms with Crippen molar-refractivity contribution in [2.75, 3.05) is 5.73 Å². The fourth-order valence-corrected chi connectivity index (χ4v) is 2.00. The molecule has 0 aromatic carbocycles. The quantitative estimate of drug-likeness (QED) is 0.823. The molecule has 0 saturated heterocycles. The summed E-state index contributed by atoms with van der Waals surface area (Å²) in [6.45, 7) is 3.95. The number of anilines is 1. The fraction of sp³-hybridized carbons (Fsp3) is 0.333. The largest absolute Gasteiger partial charge is 0.397 e. The minimum atomic E-state index is 0.525. The lowest BCUT2D eigenvalue weighted by Gasteiger charge is -1.91. The molecular weight excluding hydrogens is 198 g/mol. The lowest BCUT2D eigenvalue weighted by molar-refractivity contribution is 0.424. The monoisotopic (exact) mass is 209 g/mol. The molecule has 14 heavy (non-hydrogen) atoms. The summed E-state index contributed by atoms with van der Waals surface area (Å²) in [5.41, 5.74) is 7.66. The zero-order chi connectivity index (χ0) is 10.1. The summed E-state index contributed by atoms with van der Waals surface area (Å²) < 4.78 is 5.11. The molecule has 2 rings (SSSR count). The molecule has 0 atom stereocenters. The van der Waals surface area contributed by atoms with Crippen LogP contribution in [0, 0.1) is 6.92 Å². The molecule has 0 unspecified atom stereocenters. The van der Waals surface area contributed by atoms with Gasteiger partial charge in [-0.25, -0.2) is 0 Å². The zero-order valence-corrected chi connectivity index (χ0v) is 8.89. The number of hydrogen-bond acceptors (Lipinski definition) is 5. The van der Waals surface area contributed by atoms with Crippen molar-refractivity contribution in [2.45, 2.75) is 20.3 Å². The van der Waals surface area contributed by atoms with E-state index in [9.17, 15) is 0 Å². The molecule has 2 N–H and O–H groups in total. The van der Waals surface area contributed by atoms with Crippen molar-refractivity contribution in [3.8, 4) is 10.8 Å². The molecule has 0 radical (unpaired) electrons. The van der Waals surface area contributed by atoms with E-state index in [4.69, 9.17) is 10.3 Å². The Bertz CT molecular complexity index is 447. The Kier molecular flexibility index (Phi) is 2.25. The van der Waals surface area contributed by atoms with E-state index >= 15 is 0 Å². The van der Waals surface area contributed by atoms with Crippen LogP contribution in [0.2, 0.25) is 0 Å². The van der Waals surface area contributed by atoms with Crippen LogP contribution in [-0.2, 0) is 6.42 Å². The average molecular weight is 209 g/mol. The highest BCUT2D eigenvalue weighted by Crippen LogP contribution is 2.33. The van der Waals surface area contributed by atoms with Crippen LogP contribution in [0.4, 0.5) is 5.69 Å². The van der Waals surface area contributed by atoms with E-state index in [1.165, 1.54) is 11.3 Å². The van der Waals surface area contributed by atoms with Crippen molar-refractivity contribution in [1.82, 2.24) is 10.1 Å². The van der Waals surface area contributed by atoms with Gasteiger partial charge in [-0.05, 0) is 17.9 Å².